The van der Waals surface area contributed by atoms with E-state index in [1.807, 2.05) is 6.20 Å². The fourth-order valence-corrected chi connectivity index (χ4v) is 2.14. The topological polar surface area (TPSA) is 40.7 Å². The Balaban J connectivity index is 1.91. The van der Waals surface area contributed by atoms with Crippen molar-refractivity contribution in [1.82, 2.24) is 15.3 Å². The Morgan fingerprint density at radius 3 is 2.93 bits per heavy atom. The third-order valence-electron chi connectivity index (χ3n) is 3.07. The maximum absolute atomic E-state index is 4.40. The third kappa shape index (κ3) is 2.81. The molecule has 2 N–H and O–H groups in total. The number of imidazole rings is 1. The highest BCUT2D eigenvalue weighted by molar-refractivity contribution is 5.06. The molecule has 0 amide bonds. The zero-order valence-electron chi connectivity index (χ0n) is 9.71. The maximum atomic E-state index is 4.40. The summed E-state index contributed by atoms with van der Waals surface area (Å²) >= 11 is 0. The van der Waals surface area contributed by atoms with E-state index >= 15 is 0 Å². The lowest BCUT2D eigenvalue weighted by atomic mass is 10.0. The molecule has 1 aromatic heterocycles. The van der Waals surface area contributed by atoms with Gasteiger partial charge in [-0.25, -0.2) is 4.98 Å². The molecule has 1 aromatic rings. The number of hydrogen-bond donors (Lipinski definition) is 2. The van der Waals surface area contributed by atoms with E-state index < -0.39 is 0 Å². The Labute approximate surface area is 91.7 Å². The van der Waals surface area contributed by atoms with Crippen LogP contribution in [0.3, 0.4) is 0 Å². The first-order chi connectivity index (χ1) is 7.25. The van der Waals surface area contributed by atoms with E-state index in [2.05, 4.69) is 29.1 Å². The van der Waals surface area contributed by atoms with Crippen molar-refractivity contribution in [1.29, 1.82) is 0 Å². The Hall–Kier alpha value is -0.830. The Kier molecular flexibility index (Phi) is 3.41. The summed E-state index contributed by atoms with van der Waals surface area (Å²) in [5.74, 6) is 1.61. The molecule has 2 rings (SSSR count). The summed E-state index contributed by atoms with van der Waals surface area (Å²) < 4.78 is 0. The summed E-state index contributed by atoms with van der Waals surface area (Å²) in [5.41, 5.74) is 1.28. The van der Waals surface area contributed by atoms with E-state index in [0.717, 1.165) is 12.2 Å². The molecule has 1 aliphatic heterocycles. The largest absolute Gasteiger partial charge is 0.346 e. The normalized spacial score (nSPS) is 22.2. The molecule has 0 aromatic carbocycles. The van der Waals surface area contributed by atoms with Gasteiger partial charge in [-0.2, -0.15) is 0 Å². The van der Waals surface area contributed by atoms with Crippen molar-refractivity contribution in [2.75, 3.05) is 6.54 Å². The van der Waals surface area contributed by atoms with Crippen molar-refractivity contribution >= 4 is 0 Å². The van der Waals surface area contributed by atoms with Crippen LogP contribution >= 0.6 is 0 Å². The Morgan fingerprint density at radius 2 is 2.33 bits per heavy atom. The van der Waals surface area contributed by atoms with Gasteiger partial charge >= 0.3 is 0 Å². The van der Waals surface area contributed by atoms with E-state index in [1.165, 1.54) is 31.5 Å². The highest BCUT2D eigenvalue weighted by atomic mass is 14.9. The smallest absolute Gasteiger partial charge is 0.108 e. The van der Waals surface area contributed by atoms with Gasteiger partial charge in [-0.05, 0) is 19.4 Å². The first-order valence-corrected chi connectivity index (χ1v) is 6.03. The molecule has 2 heterocycles. The van der Waals surface area contributed by atoms with Crippen LogP contribution in [0.5, 0.6) is 0 Å². The van der Waals surface area contributed by atoms with Gasteiger partial charge in [-0.3, -0.25) is 0 Å². The lowest BCUT2D eigenvalue weighted by Gasteiger charge is -2.22. The van der Waals surface area contributed by atoms with E-state index in [9.17, 15) is 0 Å². The third-order valence-corrected chi connectivity index (χ3v) is 3.07. The number of piperidine rings is 1. The average Bonchev–Trinajstić information content (AvgIpc) is 2.68. The van der Waals surface area contributed by atoms with Crippen LogP contribution in [0.2, 0.25) is 0 Å². The lowest BCUT2D eigenvalue weighted by Crippen LogP contribution is -2.35. The van der Waals surface area contributed by atoms with Crippen LogP contribution in [0.4, 0.5) is 0 Å². The van der Waals surface area contributed by atoms with Gasteiger partial charge in [-0.1, -0.05) is 20.3 Å². The number of hydrogen-bond acceptors (Lipinski definition) is 2. The van der Waals surface area contributed by atoms with Crippen LogP contribution < -0.4 is 5.32 Å². The lowest BCUT2D eigenvalue weighted by molar-refractivity contribution is 0.397. The Bertz CT molecular complexity index is 298. The maximum Gasteiger partial charge on any atom is 0.108 e. The molecular weight excluding hydrogens is 186 g/mol. The van der Waals surface area contributed by atoms with Gasteiger partial charge in [-0.15, -0.1) is 0 Å². The summed E-state index contributed by atoms with van der Waals surface area (Å²) in [6.07, 6.45) is 7.08. The first kappa shape index (κ1) is 10.7. The number of nitrogens with one attached hydrogen (secondary N) is 2. The van der Waals surface area contributed by atoms with Crippen LogP contribution in [-0.2, 0) is 6.42 Å². The van der Waals surface area contributed by atoms with Gasteiger partial charge in [0.05, 0.1) is 0 Å². The molecule has 84 valence electrons. The average molecular weight is 207 g/mol. The predicted octanol–water partition coefficient (Wildman–Crippen LogP) is 2.22. The van der Waals surface area contributed by atoms with Crippen molar-refractivity contribution in [3.05, 3.63) is 17.7 Å². The predicted molar refractivity (Wildman–Crippen MR) is 62.0 cm³/mol. The molecule has 0 bridgehead atoms. The zero-order chi connectivity index (χ0) is 10.7. The van der Waals surface area contributed by atoms with Crippen molar-refractivity contribution in [3.63, 3.8) is 0 Å². The molecule has 0 aliphatic carbocycles. The summed E-state index contributed by atoms with van der Waals surface area (Å²) in [6.45, 7) is 5.51. The summed E-state index contributed by atoms with van der Waals surface area (Å²) in [4.78, 5) is 7.81. The molecule has 0 saturated carbocycles. The highest BCUT2D eigenvalue weighted by Gasteiger charge is 2.14. The molecule has 1 saturated heterocycles. The molecule has 3 nitrogen and oxygen atoms in total. The monoisotopic (exact) mass is 207 g/mol. The number of aromatic amines is 1. The number of aromatic nitrogens is 2. The van der Waals surface area contributed by atoms with Gasteiger partial charge in [0.15, 0.2) is 0 Å². The Morgan fingerprint density at radius 1 is 1.47 bits per heavy atom. The summed E-state index contributed by atoms with van der Waals surface area (Å²) in [7, 11) is 0. The minimum absolute atomic E-state index is 0.498. The molecule has 0 spiro atoms. The molecule has 1 fully saturated rings. The van der Waals surface area contributed by atoms with Crippen molar-refractivity contribution in [2.45, 2.75) is 51.5 Å². The second kappa shape index (κ2) is 4.79. The fourth-order valence-electron chi connectivity index (χ4n) is 2.14. The minimum Gasteiger partial charge on any atom is -0.346 e. The van der Waals surface area contributed by atoms with Crippen molar-refractivity contribution < 1.29 is 0 Å². The number of nitrogens with zero attached hydrogens (tertiary/aromatic N) is 1. The molecule has 1 unspecified atom stereocenters. The van der Waals surface area contributed by atoms with Crippen LogP contribution in [0.25, 0.3) is 0 Å². The fraction of sp³-hybridized carbons (Fsp3) is 0.750. The van der Waals surface area contributed by atoms with Crippen LogP contribution in [0, 0.1) is 0 Å². The molecule has 0 radical (unpaired) electrons. The van der Waals surface area contributed by atoms with Gasteiger partial charge < -0.3 is 10.3 Å². The summed E-state index contributed by atoms with van der Waals surface area (Å²) in [6, 6.07) is 0.652. The zero-order valence-corrected chi connectivity index (χ0v) is 9.71. The van der Waals surface area contributed by atoms with Crippen LogP contribution in [0.15, 0.2) is 6.20 Å². The van der Waals surface area contributed by atoms with Crippen molar-refractivity contribution in [3.8, 4) is 0 Å². The van der Waals surface area contributed by atoms with Crippen LogP contribution in [0.1, 0.15) is 50.5 Å². The standard InChI is InChI=1S/C12H21N3/c1-9(2)12-14-8-11(15-12)7-10-5-3-4-6-13-10/h8-10,13H,3-7H2,1-2H3,(H,14,15). The first-order valence-electron chi connectivity index (χ1n) is 6.03. The SMILES string of the molecule is CC(C)c1ncc(CC2CCCCN2)[nH]1. The second-order valence-electron chi connectivity index (χ2n) is 4.80. The minimum atomic E-state index is 0.498. The number of rotatable bonds is 3. The van der Waals surface area contributed by atoms with Crippen LogP contribution in [-0.4, -0.2) is 22.6 Å². The number of H-pyrrole nitrogens is 1. The molecular formula is C12H21N3. The molecule has 1 aliphatic rings. The molecule has 15 heavy (non-hydrogen) atoms. The van der Waals surface area contributed by atoms with E-state index in [0.29, 0.717) is 12.0 Å². The van der Waals surface area contributed by atoms with Gasteiger partial charge in [0, 0.05) is 30.3 Å². The van der Waals surface area contributed by atoms with E-state index in [4.69, 9.17) is 0 Å². The summed E-state index contributed by atoms with van der Waals surface area (Å²) in [5, 5.41) is 3.56. The quantitative estimate of drug-likeness (QED) is 0.798. The second-order valence-corrected chi connectivity index (χ2v) is 4.80. The molecule has 1 atom stereocenters. The highest BCUT2D eigenvalue weighted by Crippen LogP contribution is 2.14. The van der Waals surface area contributed by atoms with Gasteiger partial charge in [0.25, 0.3) is 0 Å². The molecule has 3 heteroatoms. The van der Waals surface area contributed by atoms with E-state index in [1.54, 1.807) is 0 Å². The van der Waals surface area contributed by atoms with E-state index in [-0.39, 0.29) is 0 Å². The van der Waals surface area contributed by atoms with Gasteiger partial charge in [0.2, 0.25) is 0 Å². The van der Waals surface area contributed by atoms with Gasteiger partial charge in [0.1, 0.15) is 5.82 Å². The van der Waals surface area contributed by atoms with Crippen molar-refractivity contribution in [2.24, 2.45) is 0 Å².